The van der Waals surface area contributed by atoms with E-state index in [1.54, 1.807) is 0 Å². The summed E-state index contributed by atoms with van der Waals surface area (Å²) >= 11 is 0. The SMILES string of the molecule is CC(C)Cc1ccc(C(CN)N2CCC(C)CC2)cc1. The minimum Gasteiger partial charge on any atom is -0.329 e. The van der Waals surface area contributed by atoms with Crippen molar-refractivity contribution in [3.05, 3.63) is 35.4 Å². The quantitative estimate of drug-likeness (QED) is 0.888. The first kappa shape index (κ1) is 15.5. The van der Waals surface area contributed by atoms with E-state index in [4.69, 9.17) is 5.73 Å². The van der Waals surface area contributed by atoms with Crippen LogP contribution >= 0.6 is 0 Å². The Morgan fingerprint density at radius 2 is 1.75 bits per heavy atom. The fraction of sp³-hybridized carbons (Fsp3) is 0.667. The van der Waals surface area contributed by atoms with Gasteiger partial charge in [0.2, 0.25) is 0 Å². The molecule has 1 fully saturated rings. The van der Waals surface area contributed by atoms with Crippen LogP contribution in [0.1, 0.15) is 50.8 Å². The molecule has 2 rings (SSSR count). The Morgan fingerprint density at radius 3 is 2.25 bits per heavy atom. The summed E-state index contributed by atoms with van der Waals surface area (Å²) in [7, 11) is 0. The molecule has 1 atom stereocenters. The number of likely N-dealkylation sites (tertiary alicyclic amines) is 1. The standard InChI is InChI=1S/C18H30N2/c1-14(2)12-16-4-6-17(7-5-16)18(13-19)20-10-8-15(3)9-11-20/h4-7,14-15,18H,8-13,19H2,1-3H3. The summed E-state index contributed by atoms with van der Waals surface area (Å²) < 4.78 is 0. The molecule has 0 aromatic heterocycles. The minimum absolute atomic E-state index is 0.399. The highest BCUT2D eigenvalue weighted by Gasteiger charge is 2.23. The van der Waals surface area contributed by atoms with Gasteiger partial charge in [0.05, 0.1) is 0 Å². The lowest BCUT2D eigenvalue weighted by Crippen LogP contribution is -2.39. The number of hydrogen-bond acceptors (Lipinski definition) is 2. The zero-order chi connectivity index (χ0) is 14.5. The zero-order valence-corrected chi connectivity index (χ0v) is 13.3. The van der Waals surface area contributed by atoms with Crippen LogP contribution in [0.15, 0.2) is 24.3 Å². The van der Waals surface area contributed by atoms with E-state index >= 15 is 0 Å². The Labute approximate surface area is 124 Å². The molecule has 2 heteroatoms. The second-order valence-corrected chi connectivity index (χ2v) is 6.81. The smallest absolute Gasteiger partial charge is 0.0470 e. The number of piperidine rings is 1. The third-order valence-electron chi connectivity index (χ3n) is 4.49. The lowest BCUT2D eigenvalue weighted by atomic mass is 9.94. The summed E-state index contributed by atoms with van der Waals surface area (Å²) in [5, 5.41) is 0. The van der Waals surface area contributed by atoms with Gasteiger partial charge in [-0.05, 0) is 55.3 Å². The van der Waals surface area contributed by atoms with Gasteiger partial charge in [0, 0.05) is 12.6 Å². The molecule has 0 bridgehead atoms. The monoisotopic (exact) mass is 274 g/mol. The molecule has 1 aliphatic rings. The normalized spacial score (nSPS) is 19.4. The average molecular weight is 274 g/mol. The predicted molar refractivity (Wildman–Crippen MR) is 86.8 cm³/mol. The minimum atomic E-state index is 0.399. The zero-order valence-electron chi connectivity index (χ0n) is 13.3. The molecule has 112 valence electrons. The van der Waals surface area contributed by atoms with Crippen LogP contribution in [0.25, 0.3) is 0 Å². The first-order valence-electron chi connectivity index (χ1n) is 8.13. The summed E-state index contributed by atoms with van der Waals surface area (Å²) in [6.45, 7) is 10.00. The van der Waals surface area contributed by atoms with Gasteiger partial charge in [-0.2, -0.15) is 0 Å². The molecular formula is C18H30N2. The van der Waals surface area contributed by atoms with Crippen molar-refractivity contribution < 1.29 is 0 Å². The average Bonchev–Trinajstić information content (AvgIpc) is 2.43. The van der Waals surface area contributed by atoms with Crippen molar-refractivity contribution in [3.63, 3.8) is 0 Å². The molecule has 1 aromatic rings. The molecule has 20 heavy (non-hydrogen) atoms. The molecule has 0 saturated carbocycles. The maximum Gasteiger partial charge on any atom is 0.0470 e. The topological polar surface area (TPSA) is 29.3 Å². The van der Waals surface area contributed by atoms with Crippen molar-refractivity contribution in [2.24, 2.45) is 17.6 Å². The Hall–Kier alpha value is -0.860. The van der Waals surface area contributed by atoms with Gasteiger partial charge >= 0.3 is 0 Å². The van der Waals surface area contributed by atoms with Crippen molar-refractivity contribution in [2.45, 2.75) is 46.1 Å². The van der Waals surface area contributed by atoms with Gasteiger partial charge < -0.3 is 5.73 Å². The summed E-state index contributed by atoms with van der Waals surface area (Å²) in [5.41, 5.74) is 8.87. The van der Waals surface area contributed by atoms with E-state index in [0.717, 1.165) is 24.8 Å². The second-order valence-electron chi connectivity index (χ2n) is 6.81. The Bertz CT molecular complexity index is 388. The molecule has 0 aliphatic carbocycles. The highest BCUT2D eigenvalue weighted by atomic mass is 15.2. The van der Waals surface area contributed by atoms with Gasteiger partial charge in [-0.25, -0.2) is 0 Å². The Morgan fingerprint density at radius 1 is 1.15 bits per heavy atom. The van der Waals surface area contributed by atoms with Crippen LogP contribution in [-0.2, 0) is 6.42 Å². The van der Waals surface area contributed by atoms with E-state index < -0.39 is 0 Å². The first-order chi connectivity index (χ1) is 9.60. The molecule has 1 aliphatic heterocycles. The summed E-state index contributed by atoms with van der Waals surface area (Å²) in [5.74, 6) is 1.59. The largest absolute Gasteiger partial charge is 0.329 e. The third kappa shape index (κ3) is 4.07. The first-order valence-corrected chi connectivity index (χ1v) is 8.13. The lowest BCUT2D eigenvalue weighted by Gasteiger charge is -2.36. The molecule has 1 unspecified atom stereocenters. The van der Waals surface area contributed by atoms with Gasteiger partial charge in [0.1, 0.15) is 0 Å². The van der Waals surface area contributed by atoms with E-state index in [2.05, 4.69) is 49.9 Å². The van der Waals surface area contributed by atoms with Crippen LogP contribution in [-0.4, -0.2) is 24.5 Å². The predicted octanol–water partition coefficient (Wildman–Crippen LogP) is 3.62. The van der Waals surface area contributed by atoms with Crippen molar-refractivity contribution in [1.29, 1.82) is 0 Å². The summed E-state index contributed by atoms with van der Waals surface area (Å²) in [4.78, 5) is 2.57. The highest BCUT2D eigenvalue weighted by molar-refractivity contribution is 5.26. The van der Waals surface area contributed by atoms with Gasteiger partial charge in [-0.15, -0.1) is 0 Å². The maximum atomic E-state index is 6.05. The van der Waals surface area contributed by atoms with Crippen LogP contribution in [0.2, 0.25) is 0 Å². The van der Waals surface area contributed by atoms with Crippen LogP contribution in [0, 0.1) is 11.8 Å². The molecule has 1 aromatic carbocycles. The van der Waals surface area contributed by atoms with E-state index in [0.29, 0.717) is 6.04 Å². The van der Waals surface area contributed by atoms with Crippen molar-refractivity contribution in [2.75, 3.05) is 19.6 Å². The molecule has 0 spiro atoms. The van der Waals surface area contributed by atoms with Crippen LogP contribution in [0.5, 0.6) is 0 Å². The molecule has 2 nitrogen and oxygen atoms in total. The fourth-order valence-electron chi connectivity index (χ4n) is 3.18. The number of rotatable bonds is 5. The van der Waals surface area contributed by atoms with E-state index in [-0.39, 0.29) is 0 Å². The number of nitrogens with zero attached hydrogens (tertiary/aromatic N) is 1. The van der Waals surface area contributed by atoms with Crippen LogP contribution in [0.3, 0.4) is 0 Å². The van der Waals surface area contributed by atoms with Gasteiger partial charge in [0.25, 0.3) is 0 Å². The van der Waals surface area contributed by atoms with Crippen molar-refractivity contribution >= 4 is 0 Å². The summed E-state index contributed by atoms with van der Waals surface area (Å²) in [6.07, 6.45) is 3.78. The number of hydrogen-bond donors (Lipinski definition) is 1. The third-order valence-corrected chi connectivity index (χ3v) is 4.49. The lowest BCUT2D eigenvalue weighted by molar-refractivity contribution is 0.141. The van der Waals surface area contributed by atoms with Gasteiger partial charge in [-0.1, -0.05) is 45.0 Å². The van der Waals surface area contributed by atoms with Crippen LogP contribution in [0.4, 0.5) is 0 Å². The van der Waals surface area contributed by atoms with Crippen LogP contribution < -0.4 is 5.73 Å². The van der Waals surface area contributed by atoms with E-state index in [9.17, 15) is 0 Å². The summed E-state index contributed by atoms with van der Waals surface area (Å²) in [6, 6.07) is 9.53. The van der Waals surface area contributed by atoms with Crippen molar-refractivity contribution in [3.8, 4) is 0 Å². The Balaban J connectivity index is 2.03. The second kappa shape index (κ2) is 7.24. The number of benzene rings is 1. The Kier molecular flexibility index (Phi) is 5.62. The molecule has 0 amide bonds. The number of nitrogens with two attached hydrogens (primary N) is 1. The maximum absolute atomic E-state index is 6.05. The van der Waals surface area contributed by atoms with Crippen molar-refractivity contribution in [1.82, 2.24) is 4.90 Å². The van der Waals surface area contributed by atoms with Gasteiger partial charge in [-0.3, -0.25) is 4.90 Å². The van der Waals surface area contributed by atoms with E-state index in [1.165, 1.54) is 37.1 Å². The molecule has 1 saturated heterocycles. The molecule has 0 radical (unpaired) electrons. The fourth-order valence-corrected chi connectivity index (χ4v) is 3.18. The molecule has 1 heterocycles. The molecular weight excluding hydrogens is 244 g/mol. The van der Waals surface area contributed by atoms with E-state index in [1.807, 2.05) is 0 Å². The molecule has 2 N–H and O–H groups in total. The van der Waals surface area contributed by atoms with Gasteiger partial charge in [0.15, 0.2) is 0 Å². The highest BCUT2D eigenvalue weighted by Crippen LogP contribution is 2.26.